The third-order valence-electron chi connectivity index (χ3n) is 2.02. The number of hydrogen-bond acceptors (Lipinski definition) is 2. The molecular weight excluding hydrogens is 275 g/mol. The van der Waals surface area contributed by atoms with Crippen molar-refractivity contribution in [1.29, 1.82) is 0 Å². The van der Waals surface area contributed by atoms with Gasteiger partial charge in [0.25, 0.3) is 0 Å². The molecule has 2 nitrogen and oxygen atoms in total. The molecule has 0 atom stereocenters. The number of phenols is 1. The summed E-state index contributed by atoms with van der Waals surface area (Å²) < 4.78 is 0. The van der Waals surface area contributed by atoms with Gasteiger partial charge in [0.1, 0.15) is 5.75 Å². The number of rotatable bonds is 4. The molecule has 1 rings (SSSR count). The van der Waals surface area contributed by atoms with E-state index >= 15 is 0 Å². The van der Waals surface area contributed by atoms with Crippen LogP contribution in [0.5, 0.6) is 5.75 Å². The van der Waals surface area contributed by atoms with Gasteiger partial charge in [0.15, 0.2) is 0 Å². The molecule has 1 N–H and O–H groups in total. The average molecular weight is 291 g/mol. The summed E-state index contributed by atoms with van der Waals surface area (Å²) in [5.41, 5.74) is 2.00. The van der Waals surface area contributed by atoms with E-state index in [1.54, 1.807) is 12.3 Å². The molecule has 0 bridgehead atoms. The Morgan fingerprint density at radius 2 is 2.19 bits per heavy atom. The maximum absolute atomic E-state index is 9.52. The normalized spacial score (nSPS) is 10.1. The number of nitrogens with zero attached hydrogens (tertiary/aromatic N) is 1. The van der Waals surface area contributed by atoms with Crippen LogP contribution in [0.3, 0.4) is 0 Å². The van der Waals surface area contributed by atoms with Crippen LogP contribution in [0.25, 0.3) is 0 Å². The fourth-order valence-electron chi connectivity index (χ4n) is 1.18. The van der Waals surface area contributed by atoms with Crippen molar-refractivity contribution < 1.29 is 22.4 Å². The van der Waals surface area contributed by atoms with Gasteiger partial charge in [0.2, 0.25) is 0 Å². The fourth-order valence-corrected chi connectivity index (χ4v) is 1.18. The molecule has 0 fully saturated rings. The van der Waals surface area contributed by atoms with Crippen LogP contribution in [0, 0.1) is 6.92 Å². The molecule has 0 aromatic heterocycles. The Morgan fingerprint density at radius 3 is 2.75 bits per heavy atom. The van der Waals surface area contributed by atoms with E-state index in [4.69, 9.17) is 9.69 Å². The molecule has 84 valence electrons. The molecular formula is C12H16ClNOZn. The fraction of sp³-hybridized carbons (Fsp3) is 0.333. The van der Waals surface area contributed by atoms with Gasteiger partial charge < -0.3 is 12.0 Å². The number of halogens is 1. The van der Waals surface area contributed by atoms with Gasteiger partial charge in [-0.25, -0.2) is 0 Å². The molecule has 0 amide bonds. The molecule has 1 aromatic carbocycles. The number of hydrogen-bond donors (Lipinski definition) is 1. The number of aliphatic imine (C=N–C) groups is 1. The number of benzene rings is 1. The number of phenolic OH excluding ortho intramolecular Hbond substituents is 1. The predicted molar refractivity (Wildman–Crippen MR) is 65.8 cm³/mol. The topological polar surface area (TPSA) is 32.6 Å². The average Bonchev–Trinajstić information content (AvgIpc) is 2.34. The molecule has 1 aromatic rings. The summed E-state index contributed by atoms with van der Waals surface area (Å²) in [4.78, 5) is 4.15. The summed E-state index contributed by atoms with van der Waals surface area (Å²) in [5.74, 6) is 0.287. The second-order valence-corrected chi connectivity index (χ2v) is 3.14. The minimum atomic E-state index is 0.287. The predicted octanol–water partition coefficient (Wildman–Crippen LogP) is 3.28. The van der Waals surface area contributed by atoms with E-state index in [1.165, 1.54) is 5.56 Å². The zero-order chi connectivity index (χ0) is 12.4. The molecule has 16 heavy (non-hydrogen) atoms. The number of aryl methyl sites for hydroxylation is 1. The summed E-state index contributed by atoms with van der Waals surface area (Å²) in [7, 11) is 4.76. The summed E-state index contributed by atoms with van der Waals surface area (Å²) >= 11 is 0.847. The van der Waals surface area contributed by atoms with Crippen LogP contribution < -0.4 is 0 Å². The maximum atomic E-state index is 9.52. The van der Waals surface area contributed by atoms with Gasteiger partial charge >= 0.3 is 27.0 Å². The van der Waals surface area contributed by atoms with Crippen LogP contribution in [0.4, 0.5) is 0 Å². The standard InChI is InChI=1S/C12H16NO.ClH.Zn/c1-3-7-13-9-11-8-10(4-2)5-6-12(11)14;;/h5-6,8-9,14H,1,3-4,7H2,2H3;1H;/q-1;;+2/p-1. The van der Waals surface area contributed by atoms with Gasteiger partial charge in [-0.1, -0.05) is 13.0 Å². The number of aromatic hydroxyl groups is 1. The van der Waals surface area contributed by atoms with E-state index in [2.05, 4.69) is 18.8 Å². The van der Waals surface area contributed by atoms with Crippen molar-refractivity contribution in [3.63, 3.8) is 0 Å². The van der Waals surface area contributed by atoms with E-state index < -0.39 is 0 Å². The molecule has 0 heterocycles. The molecule has 0 aliphatic carbocycles. The monoisotopic (exact) mass is 289 g/mol. The summed E-state index contributed by atoms with van der Waals surface area (Å²) in [6.45, 7) is 6.49. The van der Waals surface area contributed by atoms with Crippen molar-refractivity contribution in [1.82, 2.24) is 0 Å². The molecule has 0 aliphatic rings. The van der Waals surface area contributed by atoms with Crippen molar-refractivity contribution in [3.8, 4) is 5.75 Å². The Labute approximate surface area is 111 Å². The van der Waals surface area contributed by atoms with Gasteiger partial charge in [0.05, 0.1) is 0 Å². The first-order valence-corrected chi connectivity index (χ1v) is 9.05. The van der Waals surface area contributed by atoms with Gasteiger partial charge in [-0.05, 0) is 24.1 Å². The van der Waals surface area contributed by atoms with Gasteiger partial charge in [-0.2, -0.15) is 6.42 Å². The summed E-state index contributed by atoms with van der Waals surface area (Å²) in [6, 6.07) is 5.60. The van der Waals surface area contributed by atoms with Crippen molar-refractivity contribution in [2.45, 2.75) is 19.8 Å². The molecule has 0 saturated heterocycles. The first-order chi connectivity index (χ1) is 7.77. The minimum absolute atomic E-state index is 0.287. The summed E-state index contributed by atoms with van der Waals surface area (Å²) in [5, 5.41) is 9.52. The van der Waals surface area contributed by atoms with Gasteiger partial charge in [0, 0.05) is 18.3 Å². The molecule has 0 aliphatic heterocycles. The third-order valence-corrected chi connectivity index (χ3v) is 2.02. The summed E-state index contributed by atoms with van der Waals surface area (Å²) in [6.07, 6.45) is 3.46. The molecule has 0 saturated carbocycles. The Hall–Kier alpha value is -0.397. The first-order valence-electron chi connectivity index (χ1n) is 5.15. The molecule has 0 unspecified atom stereocenters. The van der Waals surface area contributed by atoms with E-state index in [9.17, 15) is 5.11 Å². The van der Waals surface area contributed by atoms with Crippen molar-refractivity contribution in [2.75, 3.05) is 6.54 Å². The molecule has 4 heteroatoms. The van der Waals surface area contributed by atoms with E-state index in [-0.39, 0.29) is 5.75 Å². The Balaban J connectivity index is 0.00000106. The zero-order valence-electron chi connectivity index (χ0n) is 9.62. The third kappa shape index (κ3) is 5.62. The van der Waals surface area contributed by atoms with Gasteiger partial charge in [-0.15, -0.1) is 0 Å². The van der Waals surface area contributed by atoms with Crippen LogP contribution in [0.15, 0.2) is 23.2 Å². The van der Waals surface area contributed by atoms with Crippen LogP contribution in [0.2, 0.25) is 0 Å². The molecule has 0 spiro atoms. The van der Waals surface area contributed by atoms with Crippen molar-refractivity contribution in [3.05, 3.63) is 36.2 Å². The Kier molecular flexibility index (Phi) is 9.56. The molecule has 0 radical (unpaired) electrons. The van der Waals surface area contributed by atoms with Crippen molar-refractivity contribution in [2.24, 2.45) is 4.99 Å². The second kappa shape index (κ2) is 9.80. The zero-order valence-corrected chi connectivity index (χ0v) is 13.3. The van der Waals surface area contributed by atoms with Gasteiger partial charge in [-0.3, -0.25) is 4.99 Å². The van der Waals surface area contributed by atoms with Crippen LogP contribution >= 0.6 is 9.69 Å². The quantitative estimate of drug-likeness (QED) is 0.515. The Morgan fingerprint density at radius 1 is 1.50 bits per heavy atom. The Bertz CT molecular complexity index is 329. The van der Waals surface area contributed by atoms with Crippen LogP contribution in [-0.4, -0.2) is 17.9 Å². The first kappa shape index (κ1) is 15.6. The van der Waals surface area contributed by atoms with E-state index in [0.29, 0.717) is 6.54 Å². The van der Waals surface area contributed by atoms with Crippen molar-refractivity contribution >= 4 is 15.9 Å². The second-order valence-electron chi connectivity index (χ2n) is 3.14. The SMILES string of the molecule is [CH2-]CCN=Cc1cc(CC)ccc1O.[Cl][Zn+]. The van der Waals surface area contributed by atoms with E-state index in [0.717, 1.165) is 35.7 Å². The van der Waals surface area contributed by atoms with Crippen LogP contribution in [-0.2, 0) is 23.7 Å². The van der Waals surface area contributed by atoms with E-state index in [1.807, 2.05) is 12.1 Å². The van der Waals surface area contributed by atoms with Crippen LogP contribution in [0.1, 0.15) is 24.5 Å².